The number of hydrogen-bond donors (Lipinski definition) is 0. The lowest BCUT2D eigenvalue weighted by atomic mass is 9.77. The van der Waals surface area contributed by atoms with E-state index in [9.17, 15) is 0 Å². The first-order chi connectivity index (χ1) is 22.1. The van der Waals surface area contributed by atoms with Gasteiger partial charge in [0.2, 0.25) is 0 Å². The van der Waals surface area contributed by atoms with E-state index >= 15 is 0 Å². The molecule has 0 saturated heterocycles. The van der Waals surface area contributed by atoms with Crippen LogP contribution in [-0.2, 0) is 5.41 Å². The molecule has 2 heteroatoms. The van der Waals surface area contributed by atoms with E-state index in [2.05, 4.69) is 147 Å². The molecule has 45 heavy (non-hydrogen) atoms. The van der Waals surface area contributed by atoms with Gasteiger partial charge in [0, 0.05) is 28.3 Å². The second-order valence-corrected chi connectivity index (χ2v) is 12.2. The molecule has 0 aliphatic carbocycles. The molecule has 1 heterocycles. The van der Waals surface area contributed by atoms with E-state index in [0.29, 0.717) is 0 Å². The molecule has 0 aliphatic heterocycles. The van der Waals surface area contributed by atoms with Crippen LogP contribution >= 0.6 is 0 Å². The summed E-state index contributed by atoms with van der Waals surface area (Å²) in [5.41, 5.74) is 7.48. The van der Waals surface area contributed by atoms with Crippen LogP contribution < -0.4 is 0 Å². The Morgan fingerprint density at radius 1 is 0.422 bits per heavy atom. The first-order valence-corrected chi connectivity index (χ1v) is 15.5. The summed E-state index contributed by atoms with van der Waals surface area (Å²) in [6.07, 6.45) is 2.02. The zero-order chi connectivity index (χ0) is 30.4. The average Bonchev–Trinajstić information content (AvgIpc) is 3.12. The molecule has 0 radical (unpaired) electrons. The Morgan fingerprint density at radius 3 is 1.53 bits per heavy atom. The van der Waals surface area contributed by atoms with Crippen molar-refractivity contribution in [1.29, 1.82) is 0 Å². The molecule has 0 bridgehead atoms. The topological polar surface area (TPSA) is 25.8 Å². The number of benzene rings is 7. The van der Waals surface area contributed by atoms with Crippen LogP contribution in [0.2, 0.25) is 0 Å². The van der Waals surface area contributed by atoms with Gasteiger partial charge < -0.3 is 0 Å². The minimum Gasteiger partial charge on any atom is -0.236 e. The molecule has 8 aromatic rings. The quantitative estimate of drug-likeness (QED) is 0.190. The van der Waals surface area contributed by atoms with Crippen molar-refractivity contribution in [1.82, 2.24) is 9.97 Å². The molecule has 2 nitrogen and oxygen atoms in total. The van der Waals surface area contributed by atoms with Crippen molar-refractivity contribution in [3.05, 3.63) is 169 Å². The van der Waals surface area contributed by atoms with Gasteiger partial charge >= 0.3 is 0 Å². The highest BCUT2D eigenvalue weighted by atomic mass is 14.9. The number of fused-ring (bicyclic) bond motifs is 6. The van der Waals surface area contributed by atoms with Gasteiger partial charge in [0.1, 0.15) is 0 Å². The maximum Gasteiger partial charge on any atom is 0.159 e. The Hall–Kier alpha value is -5.60. The van der Waals surface area contributed by atoms with E-state index in [1.807, 2.05) is 24.4 Å². The Bertz CT molecular complexity index is 2280. The highest BCUT2D eigenvalue weighted by Gasteiger charge is 2.28. The summed E-state index contributed by atoms with van der Waals surface area (Å²) in [5.74, 6) is 0.732. The summed E-state index contributed by atoms with van der Waals surface area (Å²) in [4.78, 5) is 10.1. The fraction of sp³-hybridized carbons (Fsp3) is 0.0698. The molecule has 0 aliphatic rings. The van der Waals surface area contributed by atoms with E-state index < -0.39 is 0 Å². The van der Waals surface area contributed by atoms with Crippen molar-refractivity contribution in [2.24, 2.45) is 0 Å². The van der Waals surface area contributed by atoms with E-state index in [-0.39, 0.29) is 5.41 Å². The Kier molecular flexibility index (Phi) is 6.50. The molecule has 214 valence electrons. The molecular weight excluding hydrogens is 544 g/mol. The van der Waals surface area contributed by atoms with Gasteiger partial charge in [-0.05, 0) is 55.1 Å². The van der Waals surface area contributed by atoms with Crippen LogP contribution in [0.25, 0.3) is 66.1 Å². The van der Waals surface area contributed by atoms with Crippen LogP contribution in [-0.4, -0.2) is 9.97 Å². The SMILES string of the molecule is CC(C)(c1ccccc1)c1cnc(-c2ccccc2)nc1-c1ccc(-c2ccc3c4ccccc4c4ccccc4c3c2)cc1. The highest BCUT2D eigenvalue weighted by Crippen LogP contribution is 2.40. The third-order valence-corrected chi connectivity index (χ3v) is 9.23. The minimum atomic E-state index is -0.285. The summed E-state index contributed by atoms with van der Waals surface area (Å²) in [6, 6.07) is 54.1. The molecule has 0 N–H and O–H groups in total. The lowest BCUT2D eigenvalue weighted by Crippen LogP contribution is -2.21. The lowest BCUT2D eigenvalue weighted by molar-refractivity contribution is 0.636. The summed E-state index contributed by atoms with van der Waals surface area (Å²) >= 11 is 0. The van der Waals surface area contributed by atoms with Crippen molar-refractivity contribution in [2.45, 2.75) is 19.3 Å². The summed E-state index contributed by atoms with van der Waals surface area (Å²) in [5, 5.41) is 7.73. The third kappa shape index (κ3) is 4.67. The standard InChI is InChI=1S/C43H32N2/c1-43(2,33-15-7-4-8-16-33)40-28-44-42(31-13-5-3-6-14-31)45-41(40)30-23-21-29(22-24-30)32-25-26-38-36-19-10-9-17-34(36)35-18-11-12-20-37(35)39(38)27-32/h3-28H,1-2H3. The third-order valence-electron chi connectivity index (χ3n) is 9.23. The Balaban J connectivity index is 1.26. The van der Waals surface area contributed by atoms with Gasteiger partial charge in [0.25, 0.3) is 0 Å². The smallest absolute Gasteiger partial charge is 0.159 e. The fourth-order valence-electron chi connectivity index (χ4n) is 6.70. The van der Waals surface area contributed by atoms with Crippen molar-refractivity contribution in [3.8, 4) is 33.8 Å². The van der Waals surface area contributed by atoms with E-state index in [1.54, 1.807) is 0 Å². The normalized spacial score (nSPS) is 11.8. The Labute approximate surface area is 263 Å². The molecule has 0 spiro atoms. The Morgan fingerprint density at radius 2 is 0.911 bits per heavy atom. The van der Waals surface area contributed by atoms with E-state index in [0.717, 1.165) is 28.2 Å². The monoisotopic (exact) mass is 576 g/mol. The van der Waals surface area contributed by atoms with Gasteiger partial charge in [-0.25, -0.2) is 9.97 Å². The number of aromatic nitrogens is 2. The van der Waals surface area contributed by atoms with E-state index in [4.69, 9.17) is 9.97 Å². The van der Waals surface area contributed by atoms with Crippen molar-refractivity contribution in [2.75, 3.05) is 0 Å². The van der Waals surface area contributed by atoms with E-state index in [1.165, 1.54) is 49.0 Å². The van der Waals surface area contributed by atoms with Crippen molar-refractivity contribution >= 4 is 32.3 Å². The van der Waals surface area contributed by atoms with Crippen molar-refractivity contribution in [3.63, 3.8) is 0 Å². The fourth-order valence-corrected chi connectivity index (χ4v) is 6.70. The van der Waals surface area contributed by atoms with Crippen LogP contribution in [0.15, 0.2) is 158 Å². The van der Waals surface area contributed by atoms with Gasteiger partial charge in [-0.2, -0.15) is 0 Å². The van der Waals surface area contributed by atoms with Crippen LogP contribution in [0.5, 0.6) is 0 Å². The van der Waals surface area contributed by atoms with Crippen LogP contribution in [0.1, 0.15) is 25.0 Å². The zero-order valence-electron chi connectivity index (χ0n) is 25.4. The largest absolute Gasteiger partial charge is 0.236 e. The van der Waals surface area contributed by atoms with Gasteiger partial charge in [-0.1, -0.05) is 159 Å². The van der Waals surface area contributed by atoms with Crippen molar-refractivity contribution < 1.29 is 0 Å². The molecule has 1 aromatic heterocycles. The van der Waals surface area contributed by atoms with Gasteiger partial charge in [-0.3, -0.25) is 0 Å². The highest BCUT2D eigenvalue weighted by molar-refractivity contribution is 6.25. The van der Waals surface area contributed by atoms with Crippen LogP contribution in [0.3, 0.4) is 0 Å². The maximum absolute atomic E-state index is 5.20. The second kappa shape index (κ2) is 10.8. The van der Waals surface area contributed by atoms with Gasteiger partial charge in [-0.15, -0.1) is 0 Å². The summed E-state index contributed by atoms with van der Waals surface area (Å²) in [7, 11) is 0. The summed E-state index contributed by atoms with van der Waals surface area (Å²) < 4.78 is 0. The number of hydrogen-bond acceptors (Lipinski definition) is 2. The molecule has 0 amide bonds. The molecule has 0 unspecified atom stereocenters. The maximum atomic E-state index is 5.20. The number of nitrogens with zero attached hydrogens (tertiary/aromatic N) is 2. The lowest BCUT2D eigenvalue weighted by Gasteiger charge is -2.28. The number of rotatable bonds is 5. The predicted molar refractivity (Wildman–Crippen MR) is 189 cm³/mol. The first kappa shape index (κ1) is 27.0. The molecule has 8 rings (SSSR count). The van der Waals surface area contributed by atoms with Crippen LogP contribution in [0, 0.1) is 0 Å². The van der Waals surface area contributed by atoms with Gasteiger partial charge in [0.05, 0.1) is 5.69 Å². The molecule has 0 saturated carbocycles. The van der Waals surface area contributed by atoms with Crippen LogP contribution in [0.4, 0.5) is 0 Å². The molecular formula is C43H32N2. The van der Waals surface area contributed by atoms with Gasteiger partial charge in [0.15, 0.2) is 5.82 Å². The average molecular weight is 577 g/mol. The molecule has 7 aromatic carbocycles. The summed E-state index contributed by atoms with van der Waals surface area (Å²) in [6.45, 7) is 4.51. The first-order valence-electron chi connectivity index (χ1n) is 15.5. The second-order valence-electron chi connectivity index (χ2n) is 12.2. The zero-order valence-corrected chi connectivity index (χ0v) is 25.4. The molecule has 0 fully saturated rings. The minimum absolute atomic E-state index is 0.285. The predicted octanol–water partition coefficient (Wildman–Crippen LogP) is 11.3. The molecule has 0 atom stereocenters.